The van der Waals surface area contributed by atoms with Gasteiger partial charge in [0.1, 0.15) is 0 Å². The molecule has 1 radical (unpaired) electrons. The topological polar surface area (TPSA) is 37.3 Å². The van der Waals surface area contributed by atoms with Crippen molar-refractivity contribution in [2.75, 3.05) is 0 Å². The zero-order valence-corrected chi connectivity index (χ0v) is 5.29. The third-order valence-electron chi connectivity index (χ3n) is 0.175. The van der Waals surface area contributed by atoms with E-state index in [2.05, 4.69) is 6.58 Å². The molecule has 3 heteroatoms. The molecule has 0 aromatic heterocycles. The predicted octanol–water partition coefficient (Wildman–Crippen LogP) is 0.254. The van der Waals surface area contributed by atoms with Crippen LogP contribution in [0.15, 0.2) is 12.7 Å². The molecule has 0 amide bonds. The Morgan fingerprint density at radius 1 is 1.83 bits per heavy atom. The average Bonchev–Trinajstić information content (AvgIpc) is 1.38. The Morgan fingerprint density at radius 3 is 2.00 bits per heavy atom. The van der Waals surface area contributed by atoms with Crippen molar-refractivity contribution in [2.45, 2.75) is 0 Å². The van der Waals surface area contributed by atoms with Gasteiger partial charge in [0.25, 0.3) is 0 Å². The van der Waals surface area contributed by atoms with Gasteiger partial charge in [-0.05, 0) is 0 Å². The first-order valence-electron chi connectivity index (χ1n) is 1.12. The average molecular weight is 165 g/mol. The van der Waals surface area contributed by atoms with Gasteiger partial charge in [-0.15, -0.1) is 0 Å². The molecule has 0 aliphatic carbocycles. The Balaban J connectivity index is 0. The normalized spacial score (nSPS) is 5.33. The number of carboxylic acid groups (broad SMARTS) is 1. The molecule has 0 atom stereocenters. The molecule has 0 unspecified atom stereocenters. The van der Waals surface area contributed by atoms with Gasteiger partial charge in [0, 0.05) is 28.5 Å². The molecule has 0 bridgehead atoms. The fourth-order valence-corrected chi connectivity index (χ4v) is 0. The monoisotopic (exact) mass is 165 g/mol. The summed E-state index contributed by atoms with van der Waals surface area (Å²) in [5.41, 5.74) is 0. The first-order valence-corrected chi connectivity index (χ1v) is 1.12. The number of rotatable bonds is 1. The van der Waals surface area contributed by atoms with Crippen LogP contribution in [0.4, 0.5) is 0 Å². The minimum Gasteiger partial charge on any atom is -0.478 e. The molecule has 0 saturated carbocycles. The van der Waals surface area contributed by atoms with Crippen molar-refractivity contribution in [3.63, 3.8) is 0 Å². The van der Waals surface area contributed by atoms with E-state index in [-0.39, 0.29) is 22.4 Å². The Bertz CT molecular complexity index is 59.8. The third-order valence-corrected chi connectivity index (χ3v) is 0.175. The molecular formula is C3H4NbO2. The first-order chi connectivity index (χ1) is 2.27. The summed E-state index contributed by atoms with van der Waals surface area (Å²) in [5.74, 6) is -0.981. The van der Waals surface area contributed by atoms with Crippen LogP contribution in [0.2, 0.25) is 0 Å². The molecule has 2 nitrogen and oxygen atoms in total. The largest absolute Gasteiger partial charge is 0.478 e. The third kappa shape index (κ3) is 9.04. The maximum absolute atomic E-state index is 9.25. The van der Waals surface area contributed by atoms with Gasteiger partial charge in [-0.25, -0.2) is 4.79 Å². The van der Waals surface area contributed by atoms with Gasteiger partial charge in [0.2, 0.25) is 0 Å². The fraction of sp³-hybridized carbons (Fsp3) is 0. The van der Waals surface area contributed by atoms with Crippen molar-refractivity contribution in [2.24, 2.45) is 0 Å². The van der Waals surface area contributed by atoms with E-state index in [0.29, 0.717) is 0 Å². The fourth-order valence-electron chi connectivity index (χ4n) is 0. The summed E-state index contributed by atoms with van der Waals surface area (Å²) < 4.78 is 0. The molecule has 0 aliphatic rings. The molecule has 0 saturated heterocycles. The van der Waals surface area contributed by atoms with Gasteiger partial charge in [-0.3, -0.25) is 0 Å². The summed E-state index contributed by atoms with van der Waals surface area (Å²) in [6.45, 7) is 2.96. The molecule has 1 N–H and O–H groups in total. The van der Waals surface area contributed by atoms with Crippen LogP contribution in [-0.4, -0.2) is 11.1 Å². The summed E-state index contributed by atoms with van der Waals surface area (Å²) in [4.78, 5) is 9.25. The van der Waals surface area contributed by atoms with Crippen LogP contribution in [0, 0.1) is 0 Å². The minimum absolute atomic E-state index is 0. The second-order valence-corrected chi connectivity index (χ2v) is 0.542. The summed E-state index contributed by atoms with van der Waals surface area (Å²) in [5, 5.41) is 7.60. The minimum atomic E-state index is -0.981. The van der Waals surface area contributed by atoms with Gasteiger partial charge in [-0.2, -0.15) is 0 Å². The molecule has 0 fully saturated rings. The van der Waals surface area contributed by atoms with Crippen LogP contribution in [-0.2, 0) is 27.2 Å². The van der Waals surface area contributed by atoms with Crippen LogP contribution in [0.25, 0.3) is 0 Å². The van der Waals surface area contributed by atoms with Gasteiger partial charge >= 0.3 is 5.97 Å². The molecule has 33 valence electrons. The van der Waals surface area contributed by atoms with Crippen LogP contribution >= 0.6 is 0 Å². The molecule has 0 aromatic carbocycles. The van der Waals surface area contributed by atoms with Crippen molar-refractivity contribution in [3.05, 3.63) is 12.7 Å². The van der Waals surface area contributed by atoms with E-state index in [1.165, 1.54) is 0 Å². The first kappa shape index (κ1) is 9.34. The second kappa shape index (κ2) is 4.95. The summed E-state index contributed by atoms with van der Waals surface area (Å²) in [6.07, 6.45) is 0.833. The smallest absolute Gasteiger partial charge is 0.327 e. The molecule has 0 aromatic rings. The number of hydrogen-bond acceptors (Lipinski definition) is 1. The Kier molecular flexibility index (Phi) is 7.71. The van der Waals surface area contributed by atoms with Gasteiger partial charge in [0.15, 0.2) is 0 Å². The summed E-state index contributed by atoms with van der Waals surface area (Å²) in [7, 11) is 0. The van der Waals surface area contributed by atoms with Crippen LogP contribution in [0.1, 0.15) is 0 Å². The number of aliphatic carboxylic acids is 1. The summed E-state index contributed by atoms with van der Waals surface area (Å²) in [6, 6.07) is 0. The zero-order valence-electron chi connectivity index (χ0n) is 3.09. The standard InChI is InChI=1S/C3H4O2.Nb/c1-2-3(4)5;/h2H,1H2,(H,4,5);. The van der Waals surface area contributed by atoms with E-state index in [4.69, 9.17) is 5.11 Å². The number of hydrogen-bond donors (Lipinski definition) is 1. The van der Waals surface area contributed by atoms with Crippen molar-refractivity contribution < 1.29 is 32.3 Å². The van der Waals surface area contributed by atoms with Crippen molar-refractivity contribution >= 4 is 5.97 Å². The van der Waals surface area contributed by atoms with E-state index in [9.17, 15) is 4.79 Å². The van der Waals surface area contributed by atoms with Gasteiger partial charge in [-0.1, -0.05) is 6.58 Å². The molecule has 0 aliphatic heterocycles. The van der Waals surface area contributed by atoms with Crippen molar-refractivity contribution in [1.29, 1.82) is 0 Å². The maximum atomic E-state index is 9.25. The quantitative estimate of drug-likeness (QED) is 0.446. The molecule has 0 spiro atoms. The van der Waals surface area contributed by atoms with Crippen LogP contribution in [0.5, 0.6) is 0 Å². The Hall–Kier alpha value is -0.0497. The molecule has 0 rings (SSSR count). The SMILES string of the molecule is C=CC(=O)O.[Nb]. The zero-order chi connectivity index (χ0) is 4.28. The van der Waals surface area contributed by atoms with Crippen LogP contribution in [0.3, 0.4) is 0 Å². The van der Waals surface area contributed by atoms with E-state index in [0.717, 1.165) is 6.08 Å². The van der Waals surface area contributed by atoms with E-state index < -0.39 is 5.97 Å². The van der Waals surface area contributed by atoms with Crippen molar-refractivity contribution in [3.8, 4) is 0 Å². The van der Waals surface area contributed by atoms with E-state index in [1.54, 1.807) is 0 Å². The Labute approximate surface area is 51.4 Å². The van der Waals surface area contributed by atoms with Gasteiger partial charge in [0.05, 0.1) is 0 Å². The predicted molar refractivity (Wildman–Crippen MR) is 17.8 cm³/mol. The molecule has 6 heavy (non-hydrogen) atoms. The second-order valence-electron chi connectivity index (χ2n) is 0.542. The molecular weight excluding hydrogens is 161 g/mol. The van der Waals surface area contributed by atoms with Gasteiger partial charge < -0.3 is 5.11 Å². The van der Waals surface area contributed by atoms with Crippen molar-refractivity contribution in [1.82, 2.24) is 0 Å². The van der Waals surface area contributed by atoms with E-state index >= 15 is 0 Å². The van der Waals surface area contributed by atoms with Crippen LogP contribution < -0.4 is 0 Å². The summed E-state index contributed by atoms with van der Waals surface area (Å²) >= 11 is 0. The number of carbonyl (C=O) groups is 1. The number of carboxylic acids is 1. The molecule has 0 heterocycles. The Morgan fingerprint density at radius 2 is 2.00 bits per heavy atom. The van der Waals surface area contributed by atoms with E-state index in [1.807, 2.05) is 0 Å². The maximum Gasteiger partial charge on any atom is 0.327 e.